The summed E-state index contributed by atoms with van der Waals surface area (Å²) in [6.45, 7) is -10.3. The number of nitrogens with two attached hydrogens (primary N) is 2. The van der Waals surface area contributed by atoms with Crippen molar-refractivity contribution in [3.05, 3.63) is 25.3 Å². The van der Waals surface area contributed by atoms with E-state index in [1.54, 1.807) is 0 Å². The first-order chi connectivity index (χ1) is 21.5. The number of alkyl halides is 2. The van der Waals surface area contributed by atoms with Gasteiger partial charge >= 0.3 is 13.6 Å². The third-order valence-corrected chi connectivity index (χ3v) is 11.5. The molecule has 240 valence electrons. The summed E-state index contributed by atoms with van der Waals surface area (Å²) in [5, 5.41) is 0. The molecule has 4 N–H and O–H groups in total. The van der Waals surface area contributed by atoms with Gasteiger partial charge in [0.05, 0.1) is 25.9 Å². The second-order valence-corrected chi connectivity index (χ2v) is 16.4. The lowest BCUT2D eigenvalue weighted by Crippen LogP contribution is -2.33. The number of imidazole rings is 2. The largest absolute Gasteiger partial charge is 0.418 e. The van der Waals surface area contributed by atoms with Gasteiger partial charge in [0.25, 0.3) is 0 Å². The van der Waals surface area contributed by atoms with Crippen molar-refractivity contribution in [1.82, 2.24) is 39.0 Å². The fraction of sp³-hybridized carbons (Fsp3) is 0.476. The second-order valence-electron chi connectivity index (χ2n) is 9.94. The number of nitrogen functional groups attached to an aromatic ring is 2. The quantitative estimate of drug-likeness (QED) is 0.201. The first-order valence-corrected chi connectivity index (χ1v) is 18.6. The number of fused-ring (bicyclic) bond motifs is 5. The summed E-state index contributed by atoms with van der Waals surface area (Å²) in [5.41, 5.74) is 18.1. The molecule has 0 radical (unpaired) electrons. The van der Waals surface area contributed by atoms with Crippen LogP contribution in [0.4, 0.5) is 20.4 Å². The molecule has 7 heterocycles. The Morgan fingerprint density at radius 3 is 2.02 bits per heavy atom. The smallest absolute Gasteiger partial charge is 0.382 e. The highest BCUT2D eigenvalue weighted by Gasteiger charge is 2.54. The minimum atomic E-state index is -4.44. The maximum atomic E-state index is 16.0. The summed E-state index contributed by atoms with van der Waals surface area (Å²) in [6.07, 6.45) is -8.33. The van der Waals surface area contributed by atoms with Gasteiger partial charge in [-0.15, -0.1) is 0 Å². The van der Waals surface area contributed by atoms with Gasteiger partial charge in [-0.05, 0) is 10.8 Å². The van der Waals surface area contributed by atoms with Crippen LogP contribution in [0.1, 0.15) is 12.5 Å². The van der Waals surface area contributed by atoms with Crippen LogP contribution in [0.5, 0.6) is 0 Å². The molecular formula is C21H22F2N10O8P2S2. The molecule has 3 aliphatic rings. The van der Waals surface area contributed by atoms with Gasteiger partial charge in [0.2, 0.25) is 0 Å². The Bertz CT molecular complexity index is 1930. The Morgan fingerprint density at radius 2 is 1.40 bits per heavy atom. The molecule has 4 aromatic rings. The van der Waals surface area contributed by atoms with E-state index in [2.05, 4.69) is 42.2 Å². The number of ether oxygens (including phenoxy) is 2. The van der Waals surface area contributed by atoms with Crippen molar-refractivity contribution in [3.63, 3.8) is 0 Å². The Labute approximate surface area is 259 Å². The van der Waals surface area contributed by atoms with E-state index in [9.17, 15) is 9.13 Å². The van der Waals surface area contributed by atoms with Crippen LogP contribution in [0.3, 0.4) is 0 Å². The molecule has 45 heavy (non-hydrogen) atoms. The molecule has 0 amide bonds. The molecule has 10 atom stereocenters. The van der Waals surface area contributed by atoms with Crippen LogP contribution in [0.2, 0.25) is 0 Å². The number of anilines is 2. The van der Waals surface area contributed by atoms with E-state index < -0.39 is 76.0 Å². The zero-order chi connectivity index (χ0) is 31.7. The summed E-state index contributed by atoms with van der Waals surface area (Å²) in [6, 6.07) is 0. The van der Waals surface area contributed by atoms with Gasteiger partial charge in [-0.1, -0.05) is 17.9 Å². The lowest BCUT2D eigenvalue weighted by atomic mass is 10.1. The highest BCUT2D eigenvalue weighted by Crippen LogP contribution is 2.61. The fourth-order valence-electron chi connectivity index (χ4n) is 5.21. The molecule has 24 heteroatoms. The monoisotopic (exact) mass is 706 g/mol. The molecule has 0 unspecified atom stereocenters. The van der Waals surface area contributed by atoms with Gasteiger partial charge in [-0.25, -0.2) is 47.8 Å². The second kappa shape index (κ2) is 11.4. The molecule has 3 fully saturated rings. The number of aromatic nitrogens is 8. The van der Waals surface area contributed by atoms with E-state index in [0.717, 1.165) is 12.7 Å². The zero-order valence-electron chi connectivity index (χ0n) is 22.4. The number of rotatable bonds is 2. The standard InChI is InChI=1S/C21H22F2N10O8P2S2/c1-45-43(35)37-3-9-14(11(23)20(39-9)32-6-30-12-16(24)26-4-28-18(12)32)40-42(34,44)36-2-8-10(22)15(41-43)21(38-8)33-7-31-13-17(25)27-5-29-19(13)33/h1,4-11,14-15,20-21H,2-3H2,(H,34,44)(H2,24,26,28)(H2,25,27,29)/t8-,9-,10-,11-,14-,15-,20-,21-,42+,43-/m1/s1. The van der Waals surface area contributed by atoms with Crippen molar-refractivity contribution in [2.24, 2.45) is 0 Å². The molecule has 4 aromatic heterocycles. The number of hydrogen-bond acceptors (Lipinski definition) is 16. The predicted octanol–water partition coefficient (Wildman–Crippen LogP) is 2.59. The molecular weight excluding hydrogens is 684 g/mol. The van der Waals surface area contributed by atoms with Crippen molar-refractivity contribution in [3.8, 4) is 5.69 Å². The molecule has 7 rings (SSSR count). The van der Waals surface area contributed by atoms with Crippen LogP contribution < -0.4 is 11.5 Å². The van der Waals surface area contributed by atoms with E-state index in [4.69, 9.17) is 44.7 Å². The molecule has 3 aliphatic heterocycles. The molecule has 18 nitrogen and oxygen atoms in total. The molecule has 2 bridgehead atoms. The van der Waals surface area contributed by atoms with Crippen LogP contribution in [-0.2, 0) is 36.7 Å². The van der Waals surface area contributed by atoms with E-state index in [-0.39, 0.29) is 44.8 Å². The Kier molecular flexibility index (Phi) is 7.81. The van der Waals surface area contributed by atoms with Gasteiger partial charge in [0.1, 0.15) is 48.1 Å². The van der Waals surface area contributed by atoms with Crippen molar-refractivity contribution < 1.29 is 45.5 Å². The minimum absolute atomic E-state index is 0.0431. The first kappa shape index (κ1) is 30.8. The summed E-state index contributed by atoms with van der Waals surface area (Å²) in [7, 11) is 0.167. The van der Waals surface area contributed by atoms with E-state index in [0.29, 0.717) is 0 Å². The predicted molar refractivity (Wildman–Crippen MR) is 155 cm³/mol. The van der Waals surface area contributed by atoms with Crippen LogP contribution >= 0.6 is 36.6 Å². The zero-order valence-corrected chi connectivity index (χ0v) is 25.9. The lowest BCUT2D eigenvalue weighted by Gasteiger charge is -2.26. The highest BCUT2D eigenvalue weighted by atomic mass is 32.7. The maximum absolute atomic E-state index is 16.0. The van der Waals surface area contributed by atoms with E-state index in [1.807, 2.05) is 0 Å². The van der Waals surface area contributed by atoms with Crippen LogP contribution in [0, 0.1) is 5.69 Å². The summed E-state index contributed by atoms with van der Waals surface area (Å²) >= 11 is 3.98. The molecule has 0 saturated carbocycles. The van der Waals surface area contributed by atoms with Crippen molar-refractivity contribution in [2.75, 3.05) is 24.7 Å². The average molecular weight is 707 g/mol. The summed E-state index contributed by atoms with van der Waals surface area (Å²) in [4.78, 5) is 24.2. The topological polar surface area (TPSA) is 229 Å². The third kappa shape index (κ3) is 5.39. The van der Waals surface area contributed by atoms with E-state index >= 15 is 8.78 Å². The van der Waals surface area contributed by atoms with Crippen LogP contribution in [-0.4, -0.2) is 89.0 Å². The summed E-state index contributed by atoms with van der Waals surface area (Å²) < 4.78 is 95.4. The highest BCUT2D eigenvalue weighted by molar-refractivity contribution is 8.48. The Balaban J connectivity index is 1.22. The minimum Gasteiger partial charge on any atom is -0.382 e. The number of nitrogens with zero attached hydrogens (tertiary/aromatic N) is 8. The average Bonchev–Trinajstić information content (AvgIpc) is 3.77. The number of hydrogen-bond donors (Lipinski definition) is 3. The van der Waals surface area contributed by atoms with E-state index in [1.165, 1.54) is 21.8 Å². The first-order valence-electron chi connectivity index (χ1n) is 12.9. The van der Waals surface area contributed by atoms with Crippen molar-refractivity contribution >= 4 is 70.6 Å². The molecule has 0 aromatic carbocycles. The number of halogens is 2. The van der Waals surface area contributed by atoms with Gasteiger partial charge in [0.15, 0.2) is 47.7 Å². The normalized spacial score (nSPS) is 37.6. The maximum Gasteiger partial charge on any atom is 0.418 e. The summed E-state index contributed by atoms with van der Waals surface area (Å²) in [5.74, 6) is 0.0875. The molecule has 0 aliphatic carbocycles. The Hall–Kier alpha value is -2.87. The number of thiol groups is 1. The fourth-order valence-corrected chi connectivity index (χ4v) is 8.52. The SMILES string of the molecule is C#S[P@]1(=O)OC[C@H]2O[C@@H](n3cnc4c(N)ncnc43)[C@H](F)[C@@H]2O[P@@](=O)(S)OC[C@H]2O[C@@H](n3cnc4c(N)ncnc43)[C@H](O1)[C@@H]2F. The molecule has 3 saturated heterocycles. The van der Waals surface area contributed by atoms with Crippen LogP contribution in [0.25, 0.3) is 22.3 Å². The van der Waals surface area contributed by atoms with Crippen molar-refractivity contribution in [2.45, 2.75) is 49.2 Å². The van der Waals surface area contributed by atoms with Crippen molar-refractivity contribution in [1.29, 1.82) is 0 Å². The van der Waals surface area contributed by atoms with Crippen LogP contribution in [0.15, 0.2) is 25.3 Å². The lowest BCUT2D eigenvalue weighted by molar-refractivity contribution is -0.0563. The van der Waals surface area contributed by atoms with Gasteiger partial charge in [-0.2, -0.15) is 0 Å². The third-order valence-electron chi connectivity index (χ3n) is 7.29. The Morgan fingerprint density at radius 1 is 0.822 bits per heavy atom. The van der Waals surface area contributed by atoms with Gasteiger partial charge in [0, 0.05) is 0 Å². The van der Waals surface area contributed by atoms with Gasteiger partial charge in [-0.3, -0.25) is 27.2 Å². The van der Waals surface area contributed by atoms with Gasteiger partial charge < -0.3 is 20.9 Å². The molecule has 0 spiro atoms.